The summed E-state index contributed by atoms with van der Waals surface area (Å²) in [5.74, 6) is -0.908. The first-order valence-electron chi connectivity index (χ1n) is 8.27. The second-order valence-corrected chi connectivity index (χ2v) is 5.66. The Morgan fingerprint density at radius 3 is 2.48 bits per heavy atom. The number of aliphatic carboxylic acids is 1. The molecule has 0 saturated heterocycles. The number of rotatable bonds is 10. The lowest BCUT2D eigenvalue weighted by Crippen LogP contribution is -2.16. The Kier molecular flexibility index (Phi) is 7.37. The number of hydrazone groups is 1. The number of hydrogen-bond donors (Lipinski definition) is 2. The zero-order chi connectivity index (χ0) is 17.9. The minimum atomic E-state index is -0.773. The van der Waals surface area contributed by atoms with Gasteiger partial charge in [0.1, 0.15) is 0 Å². The Bertz CT molecular complexity index is 694. The van der Waals surface area contributed by atoms with Crippen LogP contribution in [0.25, 0.3) is 5.69 Å². The SMILES string of the molecule is O=C(O)CCCCCCC(=O)N/N=C/c1ccc(-n2ccnc2)cc1. The standard InChI is InChI=1S/C18H22N4O3/c23-17(5-3-1-2-4-6-18(24)25)21-20-13-15-7-9-16(10-8-15)22-12-11-19-14-22/h7-14H,1-6H2,(H,21,23)(H,24,25)/b20-13+. The van der Waals surface area contributed by atoms with Gasteiger partial charge >= 0.3 is 5.97 Å². The Morgan fingerprint density at radius 2 is 1.84 bits per heavy atom. The number of unbranched alkanes of at least 4 members (excludes halogenated alkanes) is 3. The van der Waals surface area contributed by atoms with Crippen molar-refractivity contribution in [3.05, 3.63) is 48.5 Å². The van der Waals surface area contributed by atoms with Crippen molar-refractivity contribution in [2.45, 2.75) is 38.5 Å². The van der Waals surface area contributed by atoms with Gasteiger partial charge in [0.2, 0.25) is 5.91 Å². The molecule has 2 N–H and O–H groups in total. The van der Waals surface area contributed by atoms with Crippen molar-refractivity contribution in [2.24, 2.45) is 5.10 Å². The summed E-state index contributed by atoms with van der Waals surface area (Å²) in [4.78, 5) is 26.0. The maximum atomic E-state index is 11.7. The van der Waals surface area contributed by atoms with E-state index in [1.54, 1.807) is 18.7 Å². The third kappa shape index (κ3) is 6.99. The molecule has 0 aliphatic heterocycles. The lowest BCUT2D eigenvalue weighted by Gasteiger charge is -2.02. The summed E-state index contributed by atoms with van der Waals surface area (Å²) >= 11 is 0. The number of amides is 1. The Labute approximate surface area is 146 Å². The van der Waals surface area contributed by atoms with Gasteiger partial charge in [0.25, 0.3) is 0 Å². The lowest BCUT2D eigenvalue weighted by atomic mass is 10.1. The summed E-state index contributed by atoms with van der Waals surface area (Å²) in [7, 11) is 0. The number of aromatic nitrogens is 2. The summed E-state index contributed by atoms with van der Waals surface area (Å²) in [5.41, 5.74) is 4.39. The van der Waals surface area contributed by atoms with Gasteiger partial charge in [-0.05, 0) is 30.5 Å². The highest BCUT2D eigenvalue weighted by atomic mass is 16.4. The summed E-state index contributed by atoms with van der Waals surface area (Å²) in [5, 5.41) is 12.5. The van der Waals surface area contributed by atoms with Gasteiger partial charge in [-0.25, -0.2) is 10.4 Å². The topological polar surface area (TPSA) is 96.6 Å². The van der Waals surface area contributed by atoms with Crippen LogP contribution in [-0.4, -0.2) is 32.7 Å². The van der Waals surface area contributed by atoms with E-state index in [0.717, 1.165) is 30.5 Å². The minimum absolute atomic E-state index is 0.135. The van der Waals surface area contributed by atoms with Crippen LogP contribution in [0.1, 0.15) is 44.1 Å². The molecule has 0 unspecified atom stereocenters. The molecule has 0 spiro atoms. The fourth-order valence-corrected chi connectivity index (χ4v) is 2.29. The molecule has 0 atom stereocenters. The van der Waals surface area contributed by atoms with E-state index in [4.69, 9.17) is 5.11 Å². The number of carbonyl (C=O) groups is 2. The molecule has 1 aromatic carbocycles. The van der Waals surface area contributed by atoms with Crippen molar-refractivity contribution < 1.29 is 14.7 Å². The molecule has 0 aliphatic carbocycles. The van der Waals surface area contributed by atoms with E-state index in [1.807, 2.05) is 35.0 Å². The zero-order valence-electron chi connectivity index (χ0n) is 14.0. The fourth-order valence-electron chi connectivity index (χ4n) is 2.29. The van der Waals surface area contributed by atoms with Crippen LogP contribution in [0.4, 0.5) is 0 Å². The van der Waals surface area contributed by atoms with Crippen molar-refractivity contribution in [3.8, 4) is 5.69 Å². The summed E-state index contributed by atoms with van der Waals surface area (Å²) < 4.78 is 1.90. The average Bonchev–Trinajstić information content (AvgIpc) is 3.13. The number of nitrogens with one attached hydrogen (secondary N) is 1. The van der Waals surface area contributed by atoms with E-state index in [0.29, 0.717) is 12.8 Å². The van der Waals surface area contributed by atoms with E-state index in [9.17, 15) is 9.59 Å². The average molecular weight is 342 g/mol. The fraction of sp³-hybridized carbons (Fsp3) is 0.333. The molecule has 0 radical (unpaired) electrons. The third-order valence-electron chi connectivity index (χ3n) is 3.64. The quantitative estimate of drug-likeness (QED) is 0.394. The second kappa shape index (κ2) is 10.0. The largest absolute Gasteiger partial charge is 0.481 e. The van der Waals surface area contributed by atoms with Crippen LogP contribution in [0, 0.1) is 0 Å². The van der Waals surface area contributed by atoms with Gasteiger partial charge in [-0.1, -0.05) is 25.0 Å². The molecule has 0 aliphatic rings. The molecule has 0 bridgehead atoms. The predicted molar refractivity (Wildman–Crippen MR) is 94.6 cm³/mol. The molecule has 1 amide bonds. The number of imidazole rings is 1. The van der Waals surface area contributed by atoms with Gasteiger partial charge in [0.15, 0.2) is 0 Å². The van der Waals surface area contributed by atoms with E-state index in [1.165, 1.54) is 0 Å². The van der Waals surface area contributed by atoms with Gasteiger partial charge in [0, 0.05) is 30.9 Å². The lowest BCUT2D eigenvalue weighted by molar-refractivity contribution is -0.137. The molecule has 2 aromatic rings. The Balaban J connectivity index is 1.65. The highest BCUT2D eigenvalue weighted by molar-refractivity contribution is 5.82. The first-order chi connectivity index (χ1) is 12.1. The third-order valence-corrected chi connectivity index (χ3v) is 3.64. The van der Waals surface area contributed by atoms with Crippen LogP contribution in [0.3, 0.4) is 0 Å². The van der Waals surface area contributed by atoms with Gasteiger partial charge < -0.3 is 9.67 Å². The maximum absolute atomic E-state index is 11.7. The van der Waals surface area contributed by atoms with Crippen molar-refractivity contribution >= 4 is 18.1 Å². The van der Waals surface area contributed by atoms with E-state index >= 15 is 0 Å². The molecule has 2 rings (SSSR count). The Hall–Kier alpha value is -2.96. The van der Waals surface area contributed by atoms with Crippen LogP contribution >= 0.6 is 0 Å². The van der Waals surface area contributed by atoms with Crippen LogP contribution < -0.4 is 5.43 Å². The number of benzene rings is 1. The van der Waals surface area contributed by atoms with Gasteiger partial charge in [-0.15, -0.1) is 0 Å². The number of nitrogens with zero attached hydrogens (tertiary/aromatic N) is 3. The van der Waals surface area contributed by atoms with E-state index < -0.39 is 5.97 Å². The first kappa shape index (κ1) is 18.4. The number of carboxylic acid groups (broad SMARTS) is 1. The van der Waals surface area contributed by atoms with Crippen molar-refractivity contribution in [3.63, 3.8) is 0 Å². The van der Waals surface area contributed by atoms with E-state index in [2.05, 4.69) is 15.5 Å². The molecule has 0 fully saturated rings. The highest BCUT2D eigenvalue weighted by Crippen LogP contribution is 2.08. The summed E-state index contributed by atoms with van der Waals surface area (Å²) in [6, 6.07) is 7.71. The van der Waals surface area contributed by atoms with Crippen LogP contribution in [-0.2, 0) is 9.59 Å². The van der Waals surface area contributed by atoms with Gasteiger partial charge in [0.05, 0.1) is 12.5 Å². The molecule has 1 heterocycles. The van der Waals surface area contributed by atoms with Crippen molar-refractivity contribution in [1.82, 2.24) is 15.0 Å². The monoisotopic (exact) mass is 342 g/mol. The molecule has 0 saturated carbocycles. The second-order valence-electron chi connectivity index (χ2n) is 5.66. The molecular weight excluding hydrogens is 320 g/mol. The minimum Gasteiger partial charge on any atom is -0.481 e. The first-order valence-corrected chi connectivity index (χ1v) is 8.27. The Morgan fingerprint density at radius 1 is 1.12 bits per heavy atom. The van der Waals surface area contributed by atoms with Gasteiger partial charge in [-0.2, -0.15) is 5.10 Å². The predicted octanol–water partition coefficient (Wildman–Crippen LogP) is 2.75. The smallest absolute Gasteiger partial charge is 0.303 e. The van der Waals surface area contributed by atoms with E-state index in [-0.39, 0.29) is 12.3 Å². The summed E-state index contributed by atoms with van der Waals surface area (Å²) in [6.07, 6.45) is 10.6. The zero-order valence-corrected chi connectivity index (χ0v) is 14.0. The summed E-state index contributed by atoms with van der Waals surface area (Å²) in [6.45, 7) is 0. The molecule has 25 heavy (non-hydrogen) atoms. The maximum Gasteiger partial charge on any atom is 0.303 e. The number of hydrogen-bond acceptors (Lipinski definition) is 4. The van der Waals surface area contributed by atoms with Crippen molar-refractivity contribution in [1.29, 1.82) is 0 Å². The van der Waals surface area contributed by atoms with Crippen LogP contribution in [0.5, 0.6) is 0 Å². The molecule has 7 heteroatoms. The van der Waals surface area contributed by atoms with Gasteiger partial charge in [-0.3, -0.25) is 9.59 Å². The molecule has 132 valence electrons. The molecular formula is C18H22N4O3. The van der Waals surface area contributed by atoms with Crippen LogP contribution in [0.2, 0.25) is 0 Å². The normalized spacial score (nSPS) is 10.9. The number of carbonyl (C=O) groups excluding carboxylic acids is 1. The van der Waals surface area contributed by atoms with Crippen molar-refractivity contribution in [2.75, 3.05) is 0 Å². The molecule has 7 nitrogen and oxygen atoms in total. The highest BCUT2D eigenvalue weighted by Gasteiger charge is 2.01. The molecule has 1 aromatic heterocycles. The number of carboxylic acids is 1. The van der Waals surface area contributed by atoms with Crippen LogP contribution in [0.15, 0.2) is 48.1 Å².